The Labute approximate surface area is 94.1 Å². The topological polar surface area (TPSA) is 12.9 Å². The Morgan fingerprint density at radius 2 is 2.07 bits per heavy atom. The molecule has 0 saturated heterocycles. The summed E-state index contributed by atoms with van der Waals surface area (Å²) in [6.45, 7) is 0. The second-order valence-corrected chi connectivity index (χ2v) is 4.60. The summed E-state index contributed by atoms with van der Waals surface area (Å²) in [4.78, 5) is 4.30. The molecular weight excluding hydrogens is 206 g/mol. The van der Waals surface area contributed by atoms with Gasteiger partial charge in [0, 0.05) is 11.6 Å². The van der Waals surface area contributed by atoms with Crippen molar-refractivity contribution < 1.29 is 0 Å². The Morgan fingerprint density at radius 3 is 2.80 bits per heavy atom. The van der Waals surface area contributed by atoms with Gasteiger partial charge in [-0.25, -0.2) is 0 Å². The number of aromatic nitrogens is 1. The van der Waals surface area contributed by atoms with Crippen molar-refractivity contribution in [1.29, 1.82) is 0 Å². The van der Waals surface area contributed by atoms with Gasteiger partial charge in [0.1, 0.15) is 0 Å². The van der Waals surface area contributed by atoms with Crippen molar-refractivity contribution in [2.45, 2.75) is 25.2 Å². The first-order chi connectivity index (χ1) is 7.34. The van der Waals surface area contributed by atoms with E-state index >= 15 is 0 Å². The van der Waals surface area contributed by atoms with E-state index in [0.717, 1.165) is 21.8 Å². The van der Waals surface area contributed by atoms with Crippen LogP contribution < -0.4 is 0 Å². The molecule has 1 aromatic heterocycles. The van der Waals surface area contributed by atoms with Crippen LogP contribution in [-0.2, 0) is 0 Å². The second kappa shape index (κ2) is 3.49. The van der Waals surface area contributed by atoms with Gasteiger partial charge in [0.25, 0.3) is 0 Å². The molecule has 0 amide bonds. The molecule has 0 N–H and O–H groups in total. The number of nitrogens with zero attached hydrogens (tertiary/aromatic N) is 1. The normalized spacial score (nSPS) is 16.6. The van der Waals surface area contributed by atoms with Gasteiger partial charge in [0.15, 0.2) is 0 Å². The molecule has 0 unspecified atom stereocenters. The smallest absolute Gasteiger partial charge is 0.0717 e. The lowest BCUT2D eigenvalue weighted by Gasteiger charge is -2.25. The summed E-state index contributed by atoms with van der Waals surface area (Å²) in [7, 11) is 0. The largest absolute Gasteiger partial charge is 0.256 e. The Morgan fingerprint density at radius 1 is 1.20 bits per heavy atom. The van der Waals surface area contributed by atoms with Gasteiger partial charge in [-0.3, -0.25) is 4.98 Å². The average molecular weight is 218 g/mol. The predicted octanol–water partition coefficient (Wildman–Crippen LogP) is 4.16. The van der Waals surface area contributed by atoms with E-state index in [1.54, 1.807) is 6.20 Å². The Kier molecular flexibility index (Phi) is 2.14. The summed E-state index contributed by atoms with van der Waals surface area (Å²) in [5.41, 5.74) is 2.41. The number of halogens is 1. The Bertz CT molecular complexity index is 503. The molecule has 0 radical (unpaired) electrons. The molecule has 1 aliphatic rings. The van der Waals surface area contributed by atoms with Crippen molar-refractivity contribution in [3.8, 4) is 0 Å². The lowest BCUT2D eigenvalue weighted by molar-refractivity contribution is 0.420. The molecule has 76 valence electrons. The Hall–Kier alpha value is -1.08. The minimum atomic E-state index is 0.755. The molecule has 15 heavy (non-hydrogen) atoms. The van der Waals surface area contributed by atoms with Crippen molar-refractivity contribution in [3.63, 3.8) is 0 Å². The summed E-state index contributed by atoms with van der Waals surface area (Å²) in [6, 6.07) is 8.33. The zero-order valence-corrected chi connectivity index (χ0v) is 9.17. The van der Waals surface area contributed by atoms with Gasteiger partial charge >= 0.3 is 0 Å². The number of pyridine rings is 1. The van der Waals surface area contributed by atoms with E-state index in [2.05, 4.69) is 23.2 Å². The van der Waals surface area contributed by atoms with E-state index in [9.17, 15) is 0 Å². The van der Waals surface area contributed by atoms with Gasteiger partial charge < -0.3 is 0 Å². The fraction of sp³-hybridized carbons (Fsp3) is 0.308. The molecule has 1 aliphatic carbocycles. The van der Waals surface area contributed by atoms with Crippen LogP contribution in [0.1, 0.15) is 30.7 Å². The molecule has 1 saturated carbocycles. The van der Waals surface area contributed by atoms with Gasteiger partial charge in [-0.2, -0.15) is 0 Å². The SMILES string of the molecule is Clc1ccnc2ccc(C3CCC3)cc12. The van der Waals surface area contributed by atoms with Gasteiger partial charge in [-0.05, 0) is 42.5 Å². The van der Waals surface area contributed by atoms with Crippen molar-refractivity contribution in [3.05, 3.63) is 41.0 Å². The van der Waals surface area contributed by atoms with Crippen LogP contribution >= 0.6 is 11.6 Å². The second-order valence-electron chi connectivity index (χ2n) is 4.20. The molecule has 2 aromatic rings. The van der Waals surface area contributed by atoms with Gasteiger partial charge in [-0.1, -0.05) is 24.1 Å². The van der Waals surface area contributed by atoms with Crippen molar-refractivity contribution in [2.24, 2.45) is 0 Å². The van der Waals surface area contributed by atoms with E-state index in [0.29, 0.717) is 0 Å². The summed E-state index contributed by atoms with van der Waals surface area (Å²) >= 11 is 6.15. The number of hydrogen-bond donors (Lipinski definition) is 0. The van der Waals surface area contributed by atoms with Crippen molar-refractivity contribution >= 4 is 22.5 Å². The number of hydrogen-bond acceptors (Lipinski definition) is 1. The maximum Gasteiger partial charge on any atom is 0.0717 e. The first-order valence-electron chi connectivity index (χ1n) is 5.39. The monoisotopic (exact) mass is 217 g/mol. The molecule has 0 bridgehead atoms. The first kappa shape index (κ1) is 9.17. The van der Waals surface area contributed by atoms with E-state index in [1.807, 2.05) is 6.07 Å². The van der Waals surface area contributed by atoms with Crippen LogP contribution in [0.15, 0.2) is 30.5 Å². The average Bonchev–Trinajstić information content (AvgIpc) is 2.17. The summed E-state index contributed by atoms with van der Waals surface area (Å²) in [6.07, 6.45) is 5.77. The fourth-order valence-corrected chi connectivity index (χ4v) is 2.33. The fourth-order valence-electron chi connectivity index (χ4n) is 2.13. The van der Waals surface area contributed by atoms with Crippen LogP contribution in [0, 0.1) is 0 Å². The van der Waals surface area contributed by atoms with Gasteiger partial charge in [0.05, 0.1) is 10.5 Å². The van der Waals surface area contributed by atoms with Gasteiger partial charge in [0.2, 0.25) is 0 Å². The summed E-state index contributed by atoms with van der Waals surface area (Å²) < 4.78 is 0. The van der Waals surface area contributed by atoms with Crippen LogP contribution in [0.2, 0.25) is 5.02 Å². The predicted molar refractivity (Wildman–Crippen MR) is 63.3 cm³/mol. The third kappa shape index (κ3) is 1.51. The van der Waals surface area contributed by atoms with E-state index in [-0.39, 0.29) is 0 Å². The molecule has 1 nitrogen and oxygen atoms in total. The van der Waals surface area contributed by atoms with Crippen LogP contribution in [0.25, 0.3) is 10.9 Å². The van der Waals surface area contributed by atoms with Crippen LogP contribution in [-0.4, -0.2) is 4.98 Å². The summed E-state index contributed by atoms with van der Waals surface area (Å²) in [5, 5.41) is 1.89. The molecule has 2 heteroatoms. The van der Waals surface area contributed by atoms with Crippen molar-refractivity contribution in [2.75, 3.05) is 0 Å². The molecule has 1 heterocycles. The minimum Gasteiger partial charge on any atom is -0.256 e. The van der Waals surface area contributed by atoms with E-state index in [1.165, 1.54) is 24.8 Å². The van der Waals surface area contributed by atoms with E-state index < -0.39 is 0 Å². The maximum atomic E-state index is 6.15. The van der Waals surface area contributed by atoms with Crippen molar-refractivity contribution in [1.82, 2.24) is 4.98 Å². The third-order valence-corrected chi connectivity index (χ3v) is 3.62. The van der Waals surface area contributed by atoms with Gasteiger partial charge in [-0.15, -0.1) is 0 Å². The quantitative estimate of drug-likeness (QED) is 0.699. The molecule has 1 aromatic carbocycles. The summed E-state index contributed by atoms with van der Waals surface area (Å²) in [5.74, 6) is 0.755. The highest BCUT2D eigenvalue weighted by atomic mass is 35.5. The maximum absolute atomic E-state index is 6.15. The highest BCUT2D eigenvalue weighted by Gasteiger charge is 2.19. The first-order valence-corrected chi connectivity index (χ1v) is 5.76. The number of rotatable bonds is 1. The lowest BCUT2D eigenvalue weighted by atomic mass is 9.80. The minimum absolute atomic E-state index is 0.755. The highest BCUT2D eigenvalue weighted by molar-refractivity contribution is 6.35. The highest BCUT2D eigenvalue weighted by Crippen LogP contribution is 2.37. The van der Waals surface area contributed by atoms with Crippen LogP contribution in [0.4, 0.5) is 0 Å². The zero-order valence-electron chi connectivity index (χ0n) is 8.41. The van der Waals surface area contributed by atoms with E-state index in [4.69, 9.17) is 11.6 Å². The molecule has 3 rings (SSSR count). The lowest BCUT2D eigenvalue weighted by Crippen LogP contribution is -2.08. The van der Waals surface area contributed by atoms with Crippen LogP contribution in [0.5, 0.6) is 0 Å². The third-order valence-electron chi connectivity index (χ3n) is 3.29. The number of fused-ring (bicyclic) bond motifs is 1. The molecule has 0 spiro atoms. The Balaban J connectivity index is 2.15. The molecule has 0 aliphatic heterocycles. The molecule has 0 atom stereocenters. The molecule has 1 fully saturated rings. The standard InChI is InChI=1S/C13H12ClN/c14-12-6-7-15-13-5-4-10(8-11(12)13)9-2-1-3-9/h4-9H,1-3H2. The molecular formula is C13H12ClN. The zero-order chi connectivity index (χ0) is 10.3. The van der Waals surface area contributed by atoms with Crippen LogP contribution in [0.3, 0.4) is 0 Å². The number of benzene rings is 1.